The second kappa shape index (κ2) is 10.1. The van der Waals surface area contributed by atoms with E-state index >= 15 is 0 Å². The van der Waals surface area contributed by atoms with E-state index in [0.29, 0.717) is 11.3 Å². The molecule has 8 heteroatoms. The molecule has 0 bridgehead atoms. The molecule has 3 aromatic carbocycles. The molecule has 1 aliphatic rings. The third kappa shape index (κ3) is 4.95. The Balaban J connectivity index is 1.69. The molecule has 1 unspecified atom stereocenters. The van der Waals surface area contributed by atoms with Crippen LogP contribution in [0.5, 0.6) is 0 Å². The molecule has 178 valence electrons. The molecule has 4 rings (SSSR count). The van der Waals surface area contributed by atoms with Crippen LogP contribution in [0.2, 0.25) is 5.02 Å². The lowest BCUT2D eigenvalue weighted by Crippen LogP contribution is -2.54. The van der Waals surface area contributed by atoms with Gasteiger partial charge in [0.05, 0.1) is 22.7 Å². The Morgan fingerprint density at radius 1 is 1.03 bits per heavy atom. The van der Waals surface area contributed by atoms with Crippen molar-refractivity contribution in [2.75, 3.05) is 4.90 Å². The number of nitrogens with one attached hydrogen (secondary N) is 1. The summed E-state index contributed by atoms with van der Waals surface area (Å²) in [6.07, 6.45) is 0.536. The van der Waals surface area contributed by atoms with Crippen molar-refractivity contribution in [1.29, 1.82) is 0 Å². The second-order valence-corrected chi connectivity index (χ2v) is 8.68. The summed E-state index contributed by atoms with van der Waals surface area (Å²) in [6, 6.07) is 19.0. The van der Waals surface area contributed by atoms with E-state index in [4.69, 9.17) is 11.6 Å². The lowest BCUT2D eigenvalue weighted by Gasteiger charge is -2.28. The fourth-order valence-electron chi connectivity index (χ4n) is 3.96. The topological polar surface area (TPSA) is 86.8 Å². The smallest absolute Gasteiger partial charge is 0.274 e. The van der Waals surface area contributed by atoms with Gasteiger partial charge < -0.3 is 0 Å². The lowest BCUT2D eigenvalue weighted by molar-refractivity contribution is -0.122. The van der Waals surface area contributed by atoms with Crippen LogP contribution in [0.25, 0.3) is 0 Å². The molecule has 1 N–H and O–H groups in total. The van der Waals surface area contributed by atoms with Crippen molar-refractivity contribution >= 4 is 40.9 Å². The van der Waals surface area contributed by atoms with Gasteiger partial charge in [-0.15, -0.1) is 0 Å². The first-order chi connectivity index (χ1) is 16.8. The largest absolute Gasteiger partial charge is 0.274 e. The Labute approximate surface area is 208 Å². The zero-order valence-electron chi connectivity index (χ0n) is 19.3. The number of imide groups is 1. The average molecular weight is 490 g/mol. The fourth-order valence-corrected chi connectivity index (χ4v) is 4.18. The number of amides is 4. The Bertz CT molecular complexity index is 1310. The zero-order chi connectivity index (χ0) is 25.1. The minimum absolute atomic E-state index is 0.102. The summed E-state index contributed by atoms with van der Waals surface area (Å²) < 4.78 is 0. The highest BCUT2D eigenvalue weighted by Gasteiger charge is 2.45. The maximum absolute atomic E-state index is 13.5. The maximum Gasteiger partial charge on any atom is 0.274 e. The number of hydrogen-bond acceptors (Lipinski definition) is 4. The van der Waals surface area contributed by atoms with Crippen LogP contribution in [-0.2, 0) is 16.0 Å². The first kappa shape index (κ1) is 24.2. The molecule has 35 heavy (non-hydrogen) atoms. The van der Waals surface area contributed by atoms with E-state index in [1.165, 1.54) is 6.07 Å². The molecule has 0 spiro atoms. The summed E-state index contributed by atoms with van der Waals surface area (Å²) in [5.74, 6) is -2.35. The van der Waals surface area contributed by atoms with Crippen molar-refractivity contribution < 1.29 is 19.2 Å². The van der Waals surface area contributed by atoms with Gasteiger partial charge in [-0.1, -0.05) is 60.5 Å². The maximum atomic E-state index is 13.5. The van der Waals surface area contributed by atoms with Gasteiger partial charge >= 0.3 is 0 Å². The Hall–Kier alpha value is -3.97. The number of rotatable bonds is 5. The van der Waals surface area contributed by atoms with Crippen LogP contribution < -0.4 is 10.3 Å². The highest BCUT2D eigenvalue weighted by atomic mass is 35.5. The molecule has 1 heterocycles. The molecule has 1 saturated heterocycles. The summed E-state index contributed by atoms with van der Waals surface area (Å²) in [5, 5.41) is 1.09. The van der Waals surface area contributed by atoms with Crippen LogP contribution in [0.15, 0.2) is 72.8 Å². The first-order valence-corrected chi connectivity index (χ1v) is 11.6. The summed E-state index contributed by atoms with van der Waals surface area (Å²) in [5.41, 5.74) is 5.30. The normalized spacial score (nSPS) is 15.3. The monoisotopic (exact) mass is 489 g/mol. The molecule has 3 aromatic rings. The summed E-state index contributed by atoms with van der Waals surface area (Å²) in [7, 11) is 0. The highest BCUT2D eigenvalue weighted by Crippen LogP contribution is 2.27. The molecule has 7 nitrogen and oxygen atoms in total. The molecule has 0 radical (unpaired) electrons. The van der Waals surface area contributed by atoms with Gasteiger partial charge in [0.25, 0.3) is 17.7 Å². The fraction of sp³-hybridized carbons (Fsp3) is 0.185. The molecular weight excluding hydrogens is 466 g/mol. The van der Waals surface area contributed by atoms with E-state index in [2.05, 4.69) is 5.43 Å². The molecule has 1 atom stereocenters. The molecule has 1 aliphatic heterocycles. The molecule has 1 fully saturated rings. The van der Waals surface area contributed by atoms with Gasteiger partial charge in [-0.05, 0) is 55.3 Å². The van der Waals surface area contributed by atoms with Gasteiger partial charge in [-0.2, -0.15) is 0 Å². The van der Waals surface area contributed by atoms with Crippen molar-refractivity contribution in [2.45, 2.75) is 32.7 Å². The Morgan fingerprint density at radius 3 is 2.40 bits per heavy atom. The second-order valence-electron chi connectivity index (χ2n) is 8.27. The number of halogens is 1. The number of aryl methyl sites for hydroxylation is 2. The van der Waals surface area contributed by atoms with Gasteiger partial charge in [-0.3, -0.25) is 24.6 Å². The van der Waals surface area contributed by atoms with Gasteiger partial charge in [0.1, 0.15) is 6.04 Å². The SMILES string of the molecule is CCc1ccc(N2C(=O)CC(N(NC(=O)c3cccc(C)c3)C(=O)c3ccccc3Cl)C2=O)cc1. The van der Waals surface area contributed by atoms with Crippen LogP contribution in [-0.4, -0.2) is 34.7 Å². The van der Waals surface area contributed by atoms with Crippen LogP contribution in [0.4, 0.5) is 5.69 Å². The zero-order valence-corrected chi connectivity index (χ0v) is 20.1. The third-order valence-electron chi connectivity index (χ3n) is 5.86. The minimum Gasteiger partial charge on any atom is -0.274 e. The molecular formula is C27H24ClN3O4. The van der Waals surface area contributed by atoms with E-state index in [1.807, 2.05) is 32.0 Å². The lowest BCUT2D eigenvalue weighted by atomic mass is 10.1. The highest BCUT2D eigenvalue weighted by molar-refractivity contribution is 6.34. The van der Waals surface area contributed by atoms with Crippen molar-refractivity contribution in [3.05, 3.63) is 100 Å². The van der Waals surface area contributed by atoms with Crippen LogP contribution in [0.3, 0.4) is 0 Å². The number of hydrazine groups is 1. The van der Waals surface area contributed by atoms with Crippen molar-refractivity contribution in [1.82, 2.24) is 10.4 Å². The van der Waals surface area contributed by atoms with Crippen molar-refractivity contribution in [3.63, 3.8) is 0 Å². The number of hydrogen-bond donors (Lipinski definition) is 1. The number of carbonyl (C=O) groups excluding carboxylic acids is 4. The van der Waals surface area contributed by atoms with Crippen LogP contribution >= 0.6 is 11.6 Å². The van der Waals surface area contributed by atoms with Crippen molar-refractivity contribution in [2.24, 2.45) is 0 Å². The minimum atomic E-state index is -1.23. The number of anilines is 1. The predicted octanol–water partition coefficient (Wildman–Crippen LogP) is 4.33. The summed E-state index contributed by atoms with van der Waals surface area (Å²) >= 11 is 6.24. The standard InChI is InChI=1S/C27H24ClN3O4/c1-3-18-11-13-20(14-12-18)30-24(32)16-23(27(30)35)31(26(34)21-9-4-5-10-22(21)28)29-25(33)19-8-6-7-17(2)15-19/h4-15,23H,3,16H2,1-2H3,(H,29,33). The molecule has 0 aliphatic carbocycles. The first-order valence-electron chi connectivity index (χ1n) is 11.2. The van der Waals surface area contributed by atoms with E-state index in [9.17, 15) is 19.2 Å². The summed E-state index contributed by atoms with van der Waals surface area (Å²) in [6.45, 7) is 3.84. The van der Waals surface area contributed by atoms with E-state index in [0.717, 1.165) is 27.5 Å². The number of nitrogens with zero attached hydrogens (tertiary/aromatic N) is 2. The average Bonchev–Trinajstić information content (AvgIpc) is 3.15. The van der Waals surface area contributed by atoms with E-state index < -0.39 is 29.7 Å². The Kier molecular flexibility index (Phi) is 6.98. The van der Waals surface area contributed by atoms with Gasteiger partial charge in [-0.25, -0.2) is 9.91 Å². The predicted molar refractivity (Wildman–Crippen MR) is 133 cm³/mol. The quantitative estimate of drug-likeness (QED) is 0.427. The van der Waals surface area contributed by atoms with Gasteiger partial charge in [0.15, 0.2) is 0 Å². The third-order valence-corrected chi connectivity index (χ3v) is 6.19. The molecule has 0 saturated carbocycles. The van der Waals surface area contributed by atoms with E-state index in [-0.39, 0.29) is 17.0 Å². The molecule has 4 amide bonds. The number of carbonyl (C=O) groups is 4. The van der Waals surface area contributed by atoms with Gasteiger partial charge in [0.2, 0.25) is 5.91 Å². The molecule has 0 aromatic heterocycles. The Morgan fingerprint density at radius 2 is 1.74 bits per heavy atom. The number of benzene rings is 3. The van der Waals surface area contributed by atoms with Crippen LogP contribution in [0, 0.1) is 6.92 Å². The van der Waals surface area contributed by atoms with E-state index in [1.54, 1.807) is 48.5 Å². The summed E-state index contributed by atoms with van der Waals surface area (Å²) in [4.78, 5) is 53.9. The van der Waals surface area contributed by atoms with Crippen LogP contribution in [0.1, 0.15) is 45.2 Å². The van der Waals surface area contributed by atoms with Gasteiger partial charge in [0, 0.05) is 5.56 Å². The van der Waals surface area contributed by atoms with Crippen molar-refractivity contribution in [3.8, 4) is 0 Å².